The number of rotatable bonds is 13. The van der Waals surface area contributed by atoms with E-state index in [1.54, 1.807) is 31.2 Å². The maximum Gasteiger partial charge on any atom is 0.395 e. The van der Waals surface area contributed by atoms with Crippen molar-refractivity contribution in [3.63, 3.8) is 0 Å². The van der Waals surface area contributed by atoms with Gasteiger partial charge in [-0.15, -0.1) is 0 Å². The van der Waals surface area contributed by atoms with Gasteiger partial charge in [-0.3, -0.25) is 13.9 Å². The predicted octanol–water partition coefficient (Wildman–Crippen LogP) is 3.58. The van der Waals surface area contributed by atoms with Gasteiger partial charge in [-0.2, -0.15) is 9.97 Å². The molecule has 7 atom stereocenters. The molecule has 5 aromatic rings. The molecule has 0 radical (unpaired) electrons. The molecule has 2 unspecified atom stereocenters. The highest BCUT2D eigenvalue weighted by Crippen LogP contribution is 2.43. The van der Waals surface area contributed by atoms with Crippen LogP contribution in [0.3, 0.4) is 0 Å². The molecule has 296 valence electrons. The number of nitrogen functional groups attached to an aromatic ring is 1. The molecule has 20 heteroatoms. The summed E-state index contributed by atoms with van der Waals surface area (Å²) in [4.78, 5) is 50.6. The zero-order chi connectivity index (χ0) is 40.5. The molecule has 1 fully saturated rings. The lowest BCUT2D eigenvalue weighted by atomic mass is 9.96. The van der Waals surface area contributed by atoms with Gasteiger partial charge in [-0.1, -0.05) is 29.0 Å². The number of nitrogens with zero attached hydrogens (tertiary/aromatic N) is 5. The Hall–Kier alpha value is -5.59. The molecule has 0 aliphatic carbocycles. The molecule has 2 aromatic heterocycles. The summed E-state index contributed by atoms with van der Waals surface area (Å²) < 4.78 is 65.8. The number of esters is 2. The fourth-order valence-corrected chi connectivity index (χ4v) is 6.81. The second-order valence-corrected chi connectivity index (χ2v) is 13.9. The van der Waals surface area contributed by atoms with Crippen molar-refractivity contribution >= 4 is 48.0 Å². The van der Waals surface area contributed by atoms with Crippen molar-refractivity contribution in [2.24, 2.45) is 4.74 Å². The van der Waals surface area contributed by atoms with E-state index in [1.165, 1.54) is 45.0 Å². The quantitative estimate of drug-likeness (QED) is 0.114. The van der Waals surface area contributed by atoms with Gasteiger partial charge >= 0.3 is 20.1 Å². The summed E-state index contributed by atoms with van der Waals surface area (Å²) >= 11 is 0. The van der Waals surface area contributed by atoms with Crippen molar-refractivity contribution < 1.29 is 61.7 Å². The van der Waals surface area contributed by atoms with Gasteiger partial charge in [0.15, 0.2) is 29.2 Å². The van der Waals surface area contributed by atoms with Crippen LogP contribution in [0.5, 0.6) is 17.4 Å². The van der Waals surface area contributed by atoms with Gasteiger partial charge in [0.05, 0.1) is 26.5 Å². The summed E-state index contributed by atoms with van der Waals surface area (Å²) in [6, 6.07) is 9.57. The third-order valence-corrected chi connectivity index (χ3v) is 10.1. The zero-order valence-corrected chi connectivity index (χ0v) is 31.5. The van der Waals surface area contributed by atoms with E-state index >= 15 is 0 Å². The fraction of sp³-hybridized carbons (Fsp3) is 0.361. The van der Waals surface area contributed by atoms with Gasteiger partial charge in [-0.05, 0) is 49.9 Å². The number of halogens is 2. The van der Waals surface area contributed by atoms with Crippen LogP contribution < -0.4 is 24.6 Å². The summed E-state index contributed by atoms with van der Waals surface area (Å²) in [5, 5.41) is 23.8. The van der Waals surface area contributed by atoms with E-state index in [4.69, 9.17) is 33.9 Å². The SMILES string of the molecule is COC(=O)[C@@H](C)c1ccc2c(OC[C@H]3OC(n4cnc5c(OC)nc(N)nc54)[C@](C)(O)[C@@H]3O)c(O/[P+]([O-])=N/[C@@H](C)C(=O)OCc3ccc(F)cc3F)ccc2c1. The topological polar surface area (TPSA) is 235 Å². The van der Waals surface area contributed by atoms with Crippen LogP contribution in [-0.4, -0.2) is 86.3 Å². The second kappa shape index (κ2) is 16.3. The standard InChI is InChI=1S/C36H37F2N6O11P/c1-17(32(46)51-5)19-7-10-23-20(12-19)8-11-25(55-56(49)43-18(2)33(47)53-14-21-6-9-22(37)13-24(21)38)28(23)52-15-26-29(45)36(3,48)34(54-26)44-16-40-27-30(44)41-35(39)42-31(27)50-4/h6-13,16-18,26,29,34,45,48H,14-15H2,1-5H3,(H2,39,41,42)/t17-,18-,26+,29+,34?,36+/m0/s1. The Balaban J connectivity index is 1.26. The number of hydrogen-bond donors (Lipinski definition) is 3. The molecule has 0 bridgehead atoms. The van der Waals surface area contributed by atoms with Crippen molar-refractivity contribution in [2.45, 2.75) is 63.4 Å². The summed E-state index contributed by atoms with van der Waals surface area (Å²) in [5.41, 5.74) is 4.90. The summed E-state index contributed by atoms with van der Waals surface area (Å²) in [7, 11) is -0.296. The first-order valence-electron chi connectivity index (χ1n) is 17.0. The largest absolute Gasteiger partial charge is 0.575 e. The van der Waals surface area contributed by atoms with E-state index in [-0.39, 0.29) is 46.7 Å². The number of hydrogen-bond acceptors (Lipinski definition) is 16. The van der Waals surface area contributed by atoms with Crippen molar-refractivity contribution in [1.29, 1.82) is 0 Å². The van der Waals surface area contributed by atoms with Crippen LogP contribution in [0.4, 0.5) is 14.7 Å². The Morgan fingerprint density at radius 2 is 1.89 bits per heavy atom. The number of ether oxygens (including phenoxy) is 5. The molecule has 17 nitrogen and oxygen atoms in total. The lowest BCUT2D eigenvalue weighted by Crippen LogP contribution is -2.44. The number of carbonyl (C=O) groups is 2. The molecular formula is C36H37F2N6O11P. The molecule has 4 N–H and O–H groups in total. The highest BCUT2D eigenvalue weighted by Gasteiger charge is 2.54. The summed E-state index contributed by atoms with van der Waals surface area (Å²) in [6.07, 6.45) is -2.61. The number of benzene rings is 3. The lowest BCUT2D eigenvalue weighted by molar-refractivity contribution is -0.169. The monoisotopic (exact) mass is 798 g/mol. The predicted molar refractivity (Wildman–Crippen MR) is 192 cm³/mol. The van der Waals surface area contributed by atoms with Crippen molar-refractivity contribution in [3.8, 4) is 17.4 Å². The lowest BCUT2D eigenvalue weighted by Gasteiger charge is -2.27. The number of anilines is 1. The molecule has 1 saturated heterocycles. The maximum atomic E-state index is 14.0. The van der Waals surface area contributed by atoms with Crippen LogP contribution in [0.1, 0.15) is 44.0 Å². The van der Waals surface area contributed by atoms with E-state index in [1.807, 2.05) is 0 Å². The number of methoxy groups -OCH3 is 2. The first-order valence-corrected chi connectivity index (χ1v) is 18.1. The molecule has 0 amide bonds. The molecule has 0 saturated carbocycles. The van der Waals surface area contributed by atoms with Gasteiger partial charge < -0.3 is 44.5 Å². The Bertz CT molecular complexity index is 2330. The summed E-state index contributed by atoms with van der Waals surface area (Å²) in [6.45, 7) is 3.44. The van der Waals surface area contributed by atoms with Gasteiger partial charge in [0.25, 0.3) is 0 Å². The Labute approximate surface area is 318 Å². The van der Waals surface area contributed by atoms with Gasteiger partial charge in [-0.25, -0.2) is 18.6 Å². The number of imidazole rings is 1. The minimum absolute atomic E-state index is 0.0255. The fourth-order valence-electron chi connectivity index (χ4n) is 6.07. The average molecular weight is 799 g/mol. The van der Waals surface area contributed by atoms with E-state index < -0.39 is 74.3 Å². The molecule has 6 rings (SSSR count). The van der Waals surface area contributed by atoms with Crippen LogP contribution in [0.2, 0.25) is 0 Å². The smallest absolute Gasteiger partial charge is 0.395 e. The molecule has 56 heavy (non-hydrogen) atoms. The Morgan fingerprint density at radius 1 is 1.12 bits per heavy atom. The highest BCUT2D eigenvalue weighted by molar-refractivity contribution is 7.34. The maximum absolute atomic E-state index is 14.0. The van der Waals surface area contributed by atoms with Crippen LogP contribution in [0.15, 0.2) is 59.6 Å². The second-order valence-electron chi connectivity index (χ2n) is 13.0. The van der Waals surface area contributed by atoms with Crippen molar-refractivity contribution in [2.75, 3.05) is 26.6 Å². The summed E-state index contributed by atoms with van der Waals surface area (Å²) in [5.74, 6) is -3.81. The third-order valence-electron chi connectivity index (χ3n) is 9.18. The number of aliphatic hydroxyl groups excluding tert-OH is 1. The molecule has 1 aliphatic heterocycles. The van der Waals surface area contributed by atoms with Gasteiger partial charge in [0, 0.05) is 17.0 Å². The molecule has 0 spiro atoms. The van der Waals surface area contributed by atoms with Gasteiger partial charge in [0.1, 0.15) is 42.7 Å². The number of aromatic nitrogens is 4. The molecule has 1 aliphatic rings. The van der Waals surface area contributed by atoms with Crippen LogP contribution in [0.25, 0.3) is 21.9 Å². The van der Waals surface area contributed by atoms with E-state index in [0.717, 1.165) is 12.1 Å². The Morgan fingerprint density at radius 3 is 2.61 bits per heavy atom. The van der Waals surface area contributed by atoms with Gasteiger partial charge in [0.2, 0.25) is 17.6 Å². The first-order chi connectivity index (χ1) is 26.6. The first kappa shape index (κ1) is 40.1. The van der Waals surface area contributed by atoms with E-state index in [2.05, 4.69) is 19.7 Å². The number of aliphatic hydroxyl groups is 2. The van der Waals surface area contributed by atoms with Crippen molar-refractivity contribution in [1.82, 2.24) is 19.5 Å². The van der Waals surface area contributed by atoms with E-state index in [0.29, 0.717) is 22.4 Å². The number of carbonyl (C=O) groups excluding carboxylic acids is 2. The molecule has 3 aromatic carbocycles. The van der Waals surface area contributed by atoms with Crippen LogP contribution in [-0.2, 0) is 30.4 Å². The highest BCUT2D eigenvalue weighted by atomic mass is 31.1. The minimum atomic E-state index is -2.96. The van der Waals surface area contributed by atoms with Crippen LogP contribution >= 0.6 is 8.17 Å². The van der Waals surface area contributed by atoms with Crippen molar-refractivity contribution in [3.05, 3.63) is 77.6 Å². The average Bonchev–Trinajstić information content (AvgIpc) is 3.68. The van der Waals surface area contributed by atoms with Crippen LogP contribution in [0, 0.1) is 11.6 Å². The minimum Gasteiger partial charge on any atom is -0.575 e. The molecule has 3 heterocycles. The van der Waals surface area contributed by atoms with E-state index in [9.17, 15) is 33.5 Å². The zero-order valence-electron chi connectivity index (χ0n) is 30.6. The Kier molecular flexibility index (Phi) is 11.6. The normalized spacial score (nSPS) is 20.8. The number of fused-ring (bicyclic) bond motifs is 2. The number of nitrogens with two attached hydrogens (primary N) is 1. The molecular weight excluding hydrogens is 761 g/mol. The third kappa shape index (κ3) is 8.03.